The summed E-state index contributed by atoms with van der Waals surface area (Å²) >= 11 is 3.49. The van der Waals surface area contributed by atoms with Gasteiger partial charge in [0.2, 0.25) is 0 Å². The van der Waals surface area contributed by atoms with Gasteiger partial charge in [-0.05, 0) is 69.4 Å². The van der Waals surface area contributed by atoms with Crippen molar-refractivity contribution in [3.8, 4) is 11.5 Å². The van der Waals surface area contributed by atoms with E-state index in [0.717, 1.165) is 22.0 Å². The van der Waals surface area contributed by atoms with Gasteiger partial charge in [0.05, 0.1) is 4.47 Å². The predicted octanol–water partition coefficient (Wildman–Crippen LogP) is 5.64. The van der Waals surface area contributed by atoms with E-state index in [-0.39, 0.29) is 12.0 Å². The number of amides is 2. The van der Waals surface area contributed by atoms with Crippen LogP contribution >= 0.6 is 15.9 Å². The van der Waals surface area contributed by atoms with Crippen molar-refractivity contribution in [2.75, 3.05) is 6.61 Å². The SMILES string of the molecule is CCC(Oc1ccccc1C(C)CC)C(=O)NNC(=O)COc1ccc(C(C)(C)C)cc1Br. The fourth-order valence-electron chi connectivity index (χ4n) is 3.17. The van der Waals surface area contributed by atoms with E-state index in [0.29, 0.717) is 23.8 Å². The van der Waals surface area contributed by atoms with Crippen LogP contribution in [0.25, 0.3) is 0 Å². The van der Waals surface area contributed by atoms with Crippen LogP contribution in [0.15, 0.2) is 46.9 Å². The van der Waals surface area contributed by atoms with Gasteiger partial charge in [0, 0.05) is 0 Å². The molecule has 0 saturated heterocycles. The topological polar surface area (TPSA) is 76.7 Å². The Kier molecular flexibility index (Phi) is 9.77. The Labute approximate surface area is 205 Å². The smallest absolute Gasteiger partial charge is 0.279 e. The molecule has 7 heteroatoms. The van der Waals surface area contributed by atoms with Crippen LogP contribution in [0.5, 0.6) is 11.5 Å². The van der Waals surface area contributed by atoms with Gasteiger partial charge in [0.15, 0.2) is 12.7 Å². The fourth-order valence-corrected chi connectivity index (χ4v) is 3.66. The molecule has 0 fully saturated rings. The first-order chi connectivity index (χ1) is 15.6. The Morgan fingerprint density at radius 2 is 1.70 bits per heavy atom. The molecular formula is C26H35BrN2O4. The van der Waals surface area contributed by atoms with Crippen LogP contribution in [-0.4, -0.2) is 24.5 Å². The summed E-state index contributed by atoms with van der Waals surface area (Å²) in [4.78, 5) is 24.8. The molecule has 2 unspecified atom stereocenters. The summed E-state index contributed by atoms with van der Waals surface area (Å²) < 4.78 is 12.4. The minimum absolute atomic E-state index is 0.00961. The van der Waals surface area contributed by atoms with Crippen molar-refractivity contribution in [2.24, 2.45) is 0 Å². The number of para-hydroxylation sites is 1. The van der Waals surface area contributed by atoms with Crippen LogP contribution in [0.4, 0.5) is 0 Å². The quantitative estimate of drug-likeness (QED) is 0.420. The van der Waals surface area contributed by atoms with Gasteiger partial charge in [-0.1, -0.05) is 65.8 Å². The highest BCUT2D eigenvalue weighted by molar-refractivity contribution is 9.10. The van der Waals surface area contributed by atoms with Gasteiger partial charge < -0.3 is 9.47 Å². The summed E-state index contributed by atoms with van der Waals surface area (Å²) in [7, 11) is 0. The van der Waals surface area contributed by atoms with Gasteiger partial charge in [0.1, 0.15) is 11.5 Å². The molecule has 2 N–H and O–H groups in total. The van der Waals surface area contributed by atoms with Crippen molar-refractivity contribution in [2.45, 2.75) is 71.8 Å². The van der Waals surface area contributed by atoms with Crippen LogP contribution in [0.3, 0.4) is 0 Å². The molecule has 0 spiro atoms. The lowest BCUT2D eigenvalue weighted by Gasteiger charge is -2.21. The molecule has 33 heavy (non-hydrogen) atoms. The predicted molar refractivity (Wildman–Crippen MR) is 134 cm³/mol. The molecule has 2 amide bonds. The van der Waals surface area contributed by atoms with Crippen LogP contribution in [0.1, 0.15) is 71.4 Å². The average molecular weight is 519 g/mol. The third-order valence-electron chi connectivity index (χ3n) is 5.48. The monoisotopic (exact) mass is 518 g/mol. The van der Waals surface area contributed by atoms with E-state index in [1.165, 1.54) is 0 Å². The van der Waals surface area contributed by atoms with E-state index in [1.807, 2.05) is 49.4 Å². The molecule has 0 bridgehead atoms. The van der Waals surface area contributed by atoms with Crippen molar-refractivity contribution in [3.05, 3.63) is 58.1 Å². The van der Waals surface area contributed by atoms with Gasteiger partial charge in [-0.2, -0.15) is 0 Å². The minimum Gasteiger partial charge on any atom is -0.483 e. The summed E-state index contributed by atoms with van der Waals surface area (Å²) in [5, 5.41) is 0. The first-order valence-electron chi connectivity index (χ1n) is 11.3. The maximum Gasteiger partial charge on any atom is 0.279 e. The zero-order valence-corrected chi connectivity index (χ0v) is 21.9. The third-order valence-corrected chi connectivity index (χ3v) is 6.10. The molecule has 2 atom stereocenters. The van der Waals surface area contributed by atoms with Gasteiger partial charge in [-0.15, -0.1) is 0 Å². The number of halogens is 1. The number of carbonyl (C=O) groups is 2. The molecule has 0 aliphatic rings. The highest BCUT2D eigenvalue weighted by Gasteiger charge is 2.21. The van der Waals surface area contributed by atoms with E-state index >= 15 is 0 Å². The summed E-state index contributed by atoms with van der Waals surface area (Å²) in [6.45, 7) is 12.2. The molecule has 0 aromatic heterocycles. The fraction of sp³-hybridized carbons (Fsp3) is 0.462. The normalized spacial score (nSPS) is 13.1. The van der Waals surface area contributed by atoms with E-state index in [9.17, 15) is 9.59 Å². The molecule has 180 valence electrons. The Hall–Kier alpha value is -2.54. The third kappa shape index (κ3) is 7.77. The lowest BCUT2D eigenvalue weighted by molar-refractivity contribution is -0.134. The Morgan fingerprint density at radius 3 is 2.30 bits per heavy atom. The second-order valence-electron chi connectivity index (χ2n) is 9.08. The molecule has 0 radical (unpaired) electrons. The Morgan fingerprint density at radius 1 is 1.00 bits per heavy atom. The molecule has 0 aliphatic heterocycles. The number of hydrazine groups is 1. The van der Waals surface area contributed by atoms with E-state index in [2.05, 4.69) is 61.4 Å². The van der Waals surface area contributed by atoms with Gasteiger partial charge in [-0.3, -0.25) is 20.4 Å². The van der Waals surface area contributed by atoms with Gasteiger partial charge >= 0.3 is 0 Å². The molecule has 0 aliphatic carbocycles. The summed E-state index contributed by atoms with van der Waals surface area (Å²) in [6, 6.07) is 13.5. The van der Waals surface area contributed by atoms with E-state index in [4.69, 9.17) is 9.47 Å². The lowest BCUT2D eigenvalue weighted by Crippen LogP contribution is -2.49. The molecule has 2 rings (SSSR count). The molecule has 6 nitrogen and oxygen atoms in total. The molecule has 2 aromatic carbocycles. The number of hydrogen-bond acceptors (Lipinski definition) is 4. The average Bonchev–Trinajstić information content (AvgIpc) is 2.79. The second-order valence-corrected chi connectivity index (χ2v) is 9.94. The highest BCUT2D eigenvalue weighted by Crippen LogP contribution is 2.31. The van der Waals surface area contributed by atoms with Crippen LogP contribution in [0.2, 0.25) is 0 Å². The summed E-state index contributed by atoms with van der Waals surface area (Å²) in [6.07, 6.45) is 0.699. The number of hydrogen-bond donors (Lipinski definition) is 2. The van der Waals surface area contributed by atoms with Crippen molar-refractivity contribution < 1.29 is 19.1 Å². The van der Waals surface area contributed by atoms with E-state index < -0.39 is 17.9 Å². The summed E-state index contributed by atoms with van der Waals surface area (Å²) in [5.74, 6) is 0.675. The zero-order valence-electron chi connectivity index (χ0n) is 20.3. The number of rotatable bonds is 9. The minimum atomic E-state index is -0.726. The number of carbonyl (C=O) groups excluding carboxylic acids is 2. The van der Waals surface area contributed by atoms with Crippen LogP contribution in [0, 0.1) is 0 Å². The van der Waals surface area contributed by atoms with Crippen LogP contribution in [-0.2, 0) is 15.0 Å². The number of benzene rings is 2. The lowest BCUT2D eigenvalue weighted by atomic mass is 9.87. The summed E-state index contributed by atoms with van der Waals surface area (Å²) in [5.41, 5.74) is 7.06. The van der Waals surface area contributed by atoms with Gasteiger partial charge in [0.25, 0.3) is 11.8 Å². The molecule has 0 saturated carbocycles. The highest BCUT2D eigenvalue weighted by atomic mass is 79.9. The second kappa shape index (κ2) is 12.1. The van der Waals surface area contributed by atoms with Crippen molar-refractivity contribution in [1.29, 1.82) is 0 Å². The standard InChI is InChI=1S/C26H35BrN2O4/c1-7-17(3)19-11-9-10-12-22(19)33-21(8-2)25(31)29-28-24(30)16-32-23-14-13-18(15-20(23)27)26(4,5)6/h9-15,17,21H,7-8,16H2,1-6H3,(H,28,30)(H,29,31). The number of ether oxygens (including phenoxy) is 2. The van der Waals surface area contributed by atoms with Crippen molar-refractivity contribution in [1.82, 2.24) is 10.9 Å². The first-order valence-corrected chi connectivity index (χ1v) is 12.1. The Balaban J connectivity index is 1.90. The van der Waals surface area contributed by atoms with Crippen molar-refractivity contribution >= 4 is 27.7 Å². The molecular weight excluding hydrogens is 484 g/mol. The zero-order chi connectivity index (χ0) is 24.6. The molecule has 2 aromatic rings. The first kappa shape index (κ1) is 26.7. The largest absolute Gasteiger partial charge is 0.483 e. The maximum absolute atomic E-state index is 12.6. The van der Waals surface area contributed by atoms with E-state index in [1.54, 1.807) is 0 Å². The van der Waals surface area contributed by atoms with Gasteiger partial charge in [-0.25, -0.2) is 0 Å². The molecule has 0 heterocycles. The Bertz CT molecular complexity index is 956. The van der Waals surface area contributed by atoms with Crippen LogP contribution < -0.4 is 20.3 Å². The maximum atomic E-state index is 12.6. The number of nitrogens with one attached hydrogen (secondary N) is 2. The van der Waals surface area contributed by atoms with Crippen molar-refractivity contribution in [3.63, 3.8) is 0 Å².